The SMILES string of the molecule is CCCCOC(=O)c1ccc(NC(=O)CCCOc2ccc(C(C)(C)C)cc2Br)cc1. The molecule has 0 heterocycles. The van der Waals surface area contributed by atoms with Crippen LogP contribution in [0.4, 0.5) is 5.69 Å². The third-order valence-electron chi connectivity index (χ3n) is 4.74. The second kappa shape index (κ2) is 11.9. The number of ether oxygens (including phenoxy) is 2. The Morgan fingerprint density at radius 1 is 1.00 bits per heavy atom. The fraction of sp³-hybridized carbons (Fsp3) is 0.440. The van der Waals surface area contributed by atoms with Crippen LogP contribution in [0.5, 0.6) is 5.75 Å². The highest BCUT2D eigenvalue weighted by Crippen LogP contribution is 2.31. The van der Waals surface area contributed by atoms with E-state index in [4.69, 9.17) is 9.47 Å². The Hall–Kier alpha value is -2.34. The highest BCUT2D eigenvalue weighted by Gasteiger charge is 2.15. The lowest BCUT2D eigenvalue weighted by molar-refractivity contribution is -0.116. The summed E-state index contributed by atoms with van der Waals surface area (Å²) in [5.74, 6) is 0.337. The Bertz CT molecular complexity index is 872. The molecule has 0 fully saturated rings. The molecule has 5 nitrogen and oxygen atoms in total. The summed E-state index contributed by atoms with van der Waals surface area (Å²) < 4.78 is 11.9. The maximum atomic E-state index is 12.2. The quantitative estimate of drug-likeness (QED) is 0.305. The van der Waals surface area contributed by atoms with Crippen LogP contribution in [0, 0.1) is 0 Å². The Balaban J connectivity index is 1.74. The van der Waals surface area contributed by atoms with Crippen molar-refractivity contribution in [2.75, 3.05) is 18.5 Å². The Labute approximate surface area is 193 Å². The second-order valence-corrected chi connectivity index (χ2v) is 9.32. The largest absolute Gasteiger partial charge is 0.492 e. The zero-order valence-electron chi connectivity index (χ0n) is 18.8. The van der Waals surface area contributed by atoms with Gasteiger partial charge in [0.25, 0.3) is 0 Å². The number of halogens is 1. The number of nitrogens with one attached hydrogen (secondary N) is 1. The van der Waals surface area contributed by atoms with Crippen molar-refractivity contribution in [3.63, 3.8) is 0 Å². The highest BCUT2D eigenvalue weighted by atomic mass is 79.9. The smallest absolute Gasteiger partial charge is 0.338 e. The molecule has 0 aliphatic heterocycles. The van der Waals surface area contributed by atoms with Crippen LogP contribution in [0.25, 0.3) is 0 Å². The van der Waals surface area contributed by atoms with Crippen molar-refractivity contribution < 1.29 is 19.1 Å². The average molecular weight is 490 g/mol. The van der Waals surface area contributed by atoms with E-state index in [1.807, 2.05) is 13.0 Å². The lowest BCUT2D eigenvalue weighted by Crippen LogP contribution is -2.13. The van der Waals surface area contributed by atoms with Gasteiger partial charge in [-0.1, -0.05) is 40.2 Å². The summed E-state index contributed by atoms with van der Waals surface area (Å²) in [4.78, 5) is 24.1. The predicted molar refractivity (Wildman–Crippen MR) is 128 cm³/mol. The van der Waals surface area contributed by atoms with Crippen molar-refractivity contribution >= 4 is 33.5 Å². The third-order valence-corrected chi connectivity index (χ3v) is 5.36. The summed E-state index contributed by atoms with van der Waals surface area (Å²) in [6.07, 6.45) is 2.77. The van der Waals surface area contributed by atoms with Crippen molar-refractivity contribution in [3.8, 4) is 5.75 Å². The predicted octanol–water partition coefficient (Wildman–Crippen LogP) is 6.50. The van der Waals surface area contributed by atoms with E-state index < -0.39 is 0 Å². The number of hydrogen-bond acceptors (Lipinski definition) is 4. The zero-order valence-corrected chi connectivity index (χ0v) is 20.4. The lowest BCUT2D eigenvalue weighted by atomic mass is 9.87. The fourth-order valence-corrected chi connectivity index (χ4v) is 3.30. The molecule has 31 heavy (non-hydrogen) atoms. The van der Waals surface area contributed by atoms with Crippen LogP contribution < -0.4 is 10.1 Å². The van der Waals surface area contributed by atoms with Gasteiger partial charge >= 0.3 is 5.97 Å². The summed E-state index contributed by atoms with van der Waals surface area (Å²) in [5.41, 5.74) is 2.43. The summed E-state index contributed by atoms with van der Waals surface area (Å²) in [7, 11) is 0. The Morgan fingerprint density at radius 3 is 2.32 bits per heavy atom. The van der Waals surface area contributed by atoms with Gasteiger partial charge in [0.2, 0.25) is 5.91 Å². The Morgan fingerprint density at radius 2 is 1.71 bits per heavy atom. The molecule has 6 heteroatoms. The Kier molecular flexibility index (Phi) is 9.56. The van der Waals surface area contributed by atoms with Gasteiger partial charge in [-0.2, -0.15) is 0 Å². The normalized spacial score (nSPS) is 11.1. The molecule has 2 aromatic carbocycles. The number of hydrogen-bond donors (Lipinski definition) is 1. The number of esters is 1. The molecule has 2 rings (SSSR count). The van der Waals surface area contributed by atoms with Crippen LogP contribution in [0.15, 0.2) is 46.9 Å². The van der Waals surface area contributed by atoms with E-state index >= 15 is 0 Å². The van der Waals surface area contributed by atoms with Crippen LogP contribution in [0.1, 0.15) is 69.3 Å². The van der Waals surface area contributed by atoms with Gasteiger partial charge in [-0.15, -0.1) is 0 Å². The molecule has 1 N–H and O–H groups in total. The highest BCUT2D eigenvalue weighted by molar-refractivity contribution is 9.10. The van der Waals surface area contributed by atoms with Gasteiger partial charge in [-0.3, -0.25) is 4.79 Å². The molecule has 0 aliphatic carbocycles. The number of rotatable bonds is 10. The van der Waals surface area contributed by atoms with E-state index in [1.165, 1.54) is 5.56 Å². The van der Waals surface area contributed by atoms with Crippen LogP contribution in [-0.4, -0.2) is 25.1 Å². The van der Waals surface area contributed by atoms with Gasteiger partial charge in [-0.05, 0) is 76.1 Å². The molecule has 0 aromatic heterocycles. The molecule has 0 unspecified atom stereocenters. The van der Waals surface area contributed by atoms with Gasteiger partial charge < -0.3 is 14.8 Å². The molecule has 0 spiro atoms. The number of amides is 1. The fourth-order valence-electron chi connectivity index (χ4n) is 2.80. The van der Waals surface area contributed by atoms with Crippen molar-refractivity contribution in [2.24, 2.45) is 0 Å². The number of carbonyl (C=O) groups excluding carboxylic acids is 2. The molecule has 1 amide bonds. The number of benzene rings is 2. The minimum Gasteiger partial charge on any atom is -0.492 e. The lowest BCUT2D eigenvalue weighted by Gasteiger charge is -2.20. The summed E-state index contributed by atoms with van der Waals surface area (Å²) in [6, 6.07) is 12.8. The monoisotopic (exact) mass is 489 g/mol. The van der Waals surface area contributed by atoms with Gasteiger partial charge in [0.15, 0.2) is 0 Å². The van der Waals surface area contributed by atoms with Crippen LogP contribution in [0.3, 0.4) is 0 Å². The number of unbranched alkanes of at least 4 members (excludes halogenated alkanes) is 1. The molecule has 2 aromatic rings. The van der Waals surface area contributed by atoms with Crippen LogP contribution in [0.2, 0.25) is 0 Å². The molecular formula is C25H32BrNO4. The van der Waals surface area contributed by atoms with Gasteiger partial charge in [-0.25, -0.2) is 4.79 Å². The molecular weight excluding hydrogens is 458 g/mol. The van der Waals surface area contributed by atoms with Crippen molar-refractivity contribution in [2.45, 2.75) is 58.8 Å². The first-order valence-corrected chi connectivity index (χ1v) is 11.5. The first-order chi connectivity index (χ1) is 14.7. The number of anilines is 1. The van der Waals surface area contributed by atoms with E-state index in [0.29, 0.717) is 37.3 Å². The summed E-state index contributed by atoms with van der Waals surface area (Å²) >= 11 is 3.56. The first-order valence-electron chi connectivity index (χ1n) is 10.7. The molecule has 168 valence electrons. The van der Waals surface area contributed by atoms with Crippen LogP contribution >= 0.6 is 15.9 Å². The van der Waals surface area contributed by atoms with E-state index in [0.717, 1.165) is 23.1 Å². The second-order valence-electron chi connectivity index (χ2n) is 8.46. The van der Waals surface area contributed by atoms with E-state index in [2.05, 4.69) is 54.2 Å². The number of carbonyl (C=O) groups is 2. The van der Waals surface area contributed by atoms with Crippen LogP contribution in [-0.2, 0) is 14.9 Å². The molecule has 0 aliphatic rings. The standard InChI is InChI=1S/C25H32BrNO4/c1-5-6-15-31-24(29)18-9-12-20(13-10-18)27-23(28)8-7-16-30-22-14-11-19(17-21(22)26)25(2,3)4/h9-14,17H,5-8,15-16H2,1-4H3,(H,27,28). The molecule has 0 radical (unpaired) electrons. The van der Waals surface area contributed by atoms with E-state index in [1.54, 1.807) is 24.3 Å². The minimum atomic E-state index is -0.342. The van der Waals surface area contributed by atoms with Gasteiger partial charge in [0.1, 0.15) is 5.75 Å². The average Bonchev–Trinajstić information content (AvgIpc) is 2.72. The molecule has 0 atom stereocenters. The summed E-state index contributed by atoms with van der Waals surface area (Å²) in [6.45, 7) is 9.42. The van der Waals surface area contributed by atoms with E-state index in [-0.39, 0.29) is 17.3 Å². The summed E-state index contributed by atoms with van der Waals surface area (Å²) in [5, 5.41) is 2.84. The van der Waals surface area contributed by atoms with E-state index in [9.17, 15) is 9.59 Å². The van der Waals surface area contributed by atoms with Crippen molar-refractivity contribution in [3.05, 3.63) is 58.1 Å². The topological polar surface area (TPSA) is 64.6 Å². The van der Waals surface area contributed by atoms with Gasteiger partial charge in [0.05, 0.1) is 23.2 Å². The maximum absolute atomic E-state index is 12.2. The van der Waals surface area contributed by atoms with Crippen molar-refractivity contribution in [1.29, 1.82) is 0 Å². The zero-order chi connectivity index (χ0) is 22.9. The minimum absolute atomic E-state index is 0.0761. The third kappa shape index (κ3) is 8.37. The van der Waals surface area contributed by atoms with Crippen molar-refractivity contribution in [1.82, 2.24) is 0 Å². The molecule has 0 bridgehead atoms. The molecule has 0 saturated carbocycles. The van der Waals surface area contributed by atoms with Gasteiger partial charge in [0, 0.05) is 12.1 Å². The maximum Gasteiger partial charge on any atom is 0.338 e. The first kappa shape index (κ1) is 24.9. The molecule has 0 saturated heterocycles.